The van der Waals surface area contributed by atoms with Gasteiger partial charge in [0.15, 0.2) is 0 Å². The first kappa shape index (κ1) is 66.7. The largest absolute Gasteiger partial charge is 0.497 e. The van der Waals surface area contributed by atoms with E-state index in [1.54, 1.807) is 24.3 Å². The molecule has 6 aromatic carbocycles. The molecule has 20 nitrogen and oxygen atoms in total. The van der Waals surface area contributed by atoms with Gasteiger partial charge in [-0.2, -0.15) is 0 Å². The maximum atomic E-state index is 13.7. The highest BCUT2D eigenvalue weighted by molar-refractivity contribution is 9.10. The summed E-state index contributed by atoms with van der Waals surface area (Å²) in [4.78, 5) is 35.9. The van der Waals surface area contributed by atoms with Crippen molar-refractivity contribution in [3.8, 4) is 67.8 Å². The van der Waals surface area contributed by atoms with Gasteiger partial charge in [-0.05, 0) is 149 Å². The number of hydrogen-bond acceptors (Lipinski definition) is 14. The lowest BCUT2D eigenvalue weighted by atomic mass is 9.77. The Bertz CT molecular complexity index is 5410. The molecule has 0 atom stereocenters. The molecule has 1 saturated heterocycles. The summed E-state index contributed by atoms with van der Waals surface area (Å²) in [5.74, 6) is 0.397. The average Bonchev–Trinajstić information content (AvgIpc) is 1.57. The first-order valence-electron chi connectivity index (χ1n) is 31.2. The highest BCUT2D eigenvalue weighted by Gasteiger charge is 2.53. The van der Waals surface area contributed by atoms with E-state index in [0.29, 0.717) is 80.8 Å². The molecule has 0 bridgehead atoms. The molecule has 98 heavy (non-hydrogen) atoms. The molecule has 0 unspecified atom stereocenters. The highest BCUT2D eigenvalue weighted by Crippen LogP contribution is 2.46. The predicted molar refractivity (Wildman–Crippen MR) is 379 cm³/mol. The second kappa shape index (κ2) is 25.5. The van der Waals surface area contributed by atoms with Crippen molar-refractivity contribution in [1.29, 1.82) is 0 Å². The fourth-order valence-electron chi connectivity index (χ4n) is 12.2. The number of rotatable bonds is 10. The zero-order chi connectivity index (χ0) is 69.5. The number of imidazole rings is 2. The predicted octanol–water partition coefficient (Wildman–Crippen LogP) is 12.9. The van der Waals surface area contributed by atoms with Crippen LogP contribution in [-0.2, 0) is 42.2 Å². The minimum atomic E-state index is -3.70. The van der Waals surface area contributed by atoms with Gasteiger partial charge in [-0.3, -0.25) is 18.2 Å². The van der Waals surface area contributed by atoms with Crippen LogP contribution in [0.1, 0.15) is 59.8 Å². The van der Waals surface area contributed by atoms with Gasteiger partial charge in [0.1, 0.15) is 57.1 Å². The number of amides is 2. The van der Waals surface area contributed by atoms with Gasteiger partial charge in [-0.25, -0.2) is 35.6 Å². The van der Waals surface area contributed by atoms with E-state index >= 15 is 0 Å². The molecular weight excluding hydrogens is 1360 g/mol. The molecule has 3 aliphatic rings. The third kappa shape index (κ3) is 12.3. The molecule has 9 heterocycles. The van der Waals surface area contributed by atoms with E-state index in [0.717, 1.165) is 73.0 Å². The molecule has 1 fully saturated rings. The number of halogens is 3. The Morgan fingerprint density at radius 2 is 1.00 bits per heavy atom. The van der Waals surface area contributed by atoms with Crippen LogP contribution in [0.5, 0.6) is 11.5 Å². The van der Waals surface area contributed by atoms with Crippen LogP contribution in [0.2, 0.25) is 0 Å². The summed E-state index contributed by atoms with van der Waals surface area (Å²) in [7, 11) is -2.34. The Hall–Kier alpha value is -9.86. The van der Waals surface area contributed by atoms with Crippen LogP contribution in [0.25, 0.3) is 89.5 Å². The minimum Gasteiger partial charge on any atom is -0.492 e. The van der Waals surface area contributed by atoms with Crippen molar-refractivity contribution in [2.24, 2.45) is 0 Å². The highest BCUT2D eigenvalue weighted by atomic mass is 79.9. The zero-order valence-electron chi connectivity index (χ0n) is 54.9. The topological polar surface area (TPSA) is 231 Å². The van der Waals surface area contributed by atoms with E-state index < -0.39 is 61.8 Å². The number of fused-ring (bicyclic) bond motifs is 12. The third-order valence-corrected chi connectivity index (χ3v) is 21.0. The number of pyridine rings is 2. The zero-order valence-corrected chi connectivity index (χ0v) is 58.2. The number of carbonyl (C=O) groups excluding carboxylic acids is 2. The fraction of sp³-hybridized carbons (Fsp3) is 0.222. The number of sulfonamides is 2. The van der Waals surface area contributed by atoms with Gasteiger partial charge in [-0.15, -0.1) is 0 Å². The monoisotopic (exact) mass is 1430 g/mol. The van der Waals surface area contributed by atoms with E-state index in [1.165, 1.54) is 86.7 Å². The van der Waals surface area contributed by atoms with Crippen LogP contribution in [0.4, 0.5) is 20.2 Å². The SMILES string of the molecule is Brc1ccc2c(c1)-c1nc3ccccn3c1CCO2.CNC(=O)c1c(-c2ccc(F)cc2)oc2cc(N(C)S(C)(=O)=O)c(-c3ccc4c(c3)-c3nc5ccccn5c3CCO4)cc12.CNC(=O)c1c(-c2ccc(F)cc2)oc2cc(N(C)S(C)(=O)=O)c(B3OC(C)(C)C(C)(C)O3)cc12. The molecule has 15 rings (SSSR count). The standard InChI is InChI=1S/C33H27FN4O5S.C24H28BFN2O6S.C15H11BrN2O/c1-35-33(39)30-23-17-22(26(37(2)44(3,40)41)18-28(23)43-32(30)19-7-10-21(34)11-8-19)20-9-12-27-24(16-20)31-25(13-15-42-27)38-14-5-4-6-29(38)36-31;1-23(2)24(3,4)34-25(33-23)17-12-16-19(13-18(17)28(6)35(7,30)31)32-21(20(16)22(29)27-5)14-8-10-15(26)11-9-14;16-10-4-5-13-11(9-10)15-12(6-8-19-13)18-7-2-1-3-14(18)17-15/h4-12,14,16-18H,13,15H2,1-3H3,(H,35,39);8-13H,1-7H3,(H,27,29);1-5,7,9H,6,8H2. The van der Waals surface area contributed by atoms with Crippen LogP contribution in [0.3, 0.4) is 0 Å². The molecule has 0 spiro atoms. The summed E-state index contributed by atoms with van der Waals surface area (Å²) in [6.45, 7) is 8.74. The normalized spacial score (nSPS) is 14.5. The molecule has 26 heteroatoms. The Morgan fingerprint density at radius 1 is 0.561 bits per heavy atom. The van der Waals surface area contributed by atoms with Crippen molar-refractivity contribution in [3.05, 3.63) is 197 Å². The Balaban J connectivity index is 0.000000142. The van der Waals surface area contributed by atoms with E-state index in [2.05, 4.69) is 43.2 Å². The summed E-state index contributed by atoms with van der Waals surface area (Å²) in [5, 5.41) is 6.20. The first-order valence-corrected chi connectivity index (χ1v) is 35.6. The van der Waals surface area contributed by atoms with Gasteiger partial charge in [0.25, 0.3) is 11.8 Å². The number of furan rings is 2. The number of ether oxygens (including phenoxy) is 2. The van der Waals surface area contributed by atoms with Crippen molar-refractivity contribution in [2.75, 3.05) is 62.5 Å². The van der Waals surface area contributed by atoms with Gasteiger partial charge in [0.2, 0.25) is 20.0 Å². The molecule has 0 aliphatic carbocycles. The van der Waals surface area contributed by atoms with Crippen molar-refractivity contribution < 1.29 is 62.8 Å². The van der Waals surface area contributed by atoms with Gasteiger partial charge in [0.05, 0.1) is 82.2 Å². The van der Waals surface area contributed by atoms with Crippen molar-refractivity contribution in [2.45, 2.75) is 51.7 Å². The van der Waals surface area contributed by atoms with Gasteiger partial charge in [0, 0.05) is 114 Å². The molecule has 12 aromatic rings. The number of anilines is 2. The van der Waals surface area contributed by atoms with Crippen LogP contribution < -0.4 is 34.2 Å². The number of nitrogens with one attached hydrogen (secondary N) is 2. The fourth-order valence-corrected chi connectivity index (χ4v) is 13.6. The molecule has 0 radical (unpaired) electrons. The molecule has 6 aromatic heterocycles. The number of carbonyl (C=O) groups is 2. The summed E-state index contributed by atoms with van der Waals surface area (Å²) in [6.07, 6.45) is 7.78. The van der Waals surface area contributed by atoms with Crippen LogP contribution >= 0.6 is 15.9 Å². The Kier molecular flexibility index (Phi) is 17.4. The number of aromatic nitrogens is 4. The molecule has 2 amide bonds. The quantitative estimate of drug-likeness (QED) is 0.121. The molecule has 0 saturated carbocycles. The second-order valence-corrected chi connectivity index (χ2v) is 29.8. The van der Waals surface area contributed by atoms with E-state index in [9.17, 15) is 35.2 Å². The van der Waals surface area contributed by atoms with E-state index in [-0.39, 0.29) is 28.2 Å². The van der Waals surface area contributed by atoms with E-state index in [4.69, 9.17) is 37.6 Å². The summed E-state index contributed by atoms with van der Waals surface area (Å²) in [6, 6.07) is 41.4. The second-order valence-electron chi connectivity index (χ2n) is 24.8. The molecular formula is C72H66BBrF2N8O12S2. The molecule has 502 valence electrons. The molecule has 2 N–H and O–H groups in total. The van der Waals surface area contributed by atoms with Crippen LogP contribution in [-0.4, -0.2) is 120 Å². The van der Waals surface area contributed by atoms with E-state index in [1.807, 2.05) is 105 Å². The van der Waals surface area contributed by atoms with Crippen molar-refractivity contribution >= 4 is 105 Å². The summed E-state index contributed by atoms with van der Waals surface area (Å²) >= 11 is 3.52. The van der Waals surface area contributed by atoms with Crippen LogP contribution in [0, 0.1) is 11.6 Å². The average molecular weight is 1430 g/mol. The summed E-state index contributed by atoms with van der Waals surface area (Å²) < 4.78 is 122. The number of hydrogen-bond donors (Lipinski definition) is 2. The number of nitrogens with zero attached hydrogens (tertiary/aromatic N) is 6. The lowest BCUT2D eigenvalue weighted by Crippen LogP contribution is -2.41. The smallest absolute Gasteiger partial charge is 0.492 e. The van der Waals surface area contributed by atoms with Crippen molar-refractivity contribution in [3.63, 3.8) is 0 Å². The maximum absolute atomic E-state index is 13.7. The van der Waals surface area contributed by atoms with Gasteiger partial charge < -0.3 is 47.1 Å². The van der Waals surface area contributed by atoms with Gasteiger partial charge >= 0.3 is 7.12 Å². The number of benzene rings is 6. The van der Waals surface area contributed by atoms with Gasteiger partial charge in [-0.1, -0.05) is 34.1 Å². The third-order valence-electron chi connectivity index (χ3n) is 18.1. The lowest BCUT2D eigenvalue weighted by Gasteiger charge is -2.32. The molecule has 3 aliphatic heterocycles. The Morgan fingerprint density at radius 3 is 1.48 bits per heavy atom. The lowest BCUT2D eigenvalue weighted by molar-refractivity contribution is 0.00578. The van der Waals surface area contributed by atoms with Crippen molar-refractivity contribution in [1.82, 2.24) is 29.4 Å². The first-order chi connectivity index (χ1) is 46.6. The minimum absolute atomic E-state index is 0.235. The summed E-state index contributed by atoms with van der Waals surface area (Å²) in [5.41, 5.74) is 10.7. The Labute approximate surface area is 572 Å². The van der Waals surface area contributed by atoms with Crippen LogP contribution in [0.15, 0.2) is 171 Å². The maximum Gasteiger partial charge on any atom is 0.497 e.